The Morgan fingerprint density at radius 1 is 1.07 bits per heavy atom. The van der Waals surface area contributed by atoms with Crippen LogP contribution < -0.4 is 11.1 Å². The molecule has 0 bridgehead atoms. The van der Waals surface area contributed by atoms with Gasteiger partial charge in [0.2, 0.25) is 17.7 Å². The summed E-state index contributed by atoms with van der Waals surface area (Å²) in [5, 5.41) is 2.86. The molecule has 156 valence electrons. The highest BCUT2D eigenvalue weighted by Crippen LogP contribution is 2.17. The standard InChI is InChI=1S/C21H39N3O3/c1-3-4-5-6-7-8-9-12-20(26)23-18(13-14-19(22)25)21(27)24-15-10-11-17(2)16-24/h17-18H,3-16H2,1-2H3,(H2,22,25)(H,23,26)/t17-,18+/m1/s1. The van der Waals surface area contributed by atoms with E-state index in [2.05, 4.69) is 19.2 Å². The number of likely N-dealkylation sites (tertiary alicyclic amines) is 1. The summed E-state index contributed by atoms with van der Waals surface area (Å²) in [7, 11) is 0. The van der Waals surface area contributed by atoms with Gasteiger partial charge in [-0.25, -0.2) is 0 Å². The number of amides is 3. The first kappa shape index (κ1) is 23.4. The van der Waals surface area contributed by atoms with Crippen LogP contribution in [-0.2, 0) is 14.4 Å². The first-order valence-corrected chi connectivity index (χ1v) is 10.8. The second-order valence-corrected chi connectivity index (χ2v) is 8.03. The lowest BCUT2D eigenvalue weighted by Gasteiger charge is -2.33. The number of rotatable bonds is 13. The van der Waals surface area contributed by atoms with E-state index in [1.54, 1.807) is 0 Å². The Morgan fingerprint density at radius 2 is 1.74 bits per heavy atom. The zero-order valence-electron chi connectivity index (χ0n) is 17.3. The number of hydrogen-bond donors (Lipinski definition) is 2. The third kappa shape index (κ3) is 10.4. The Morgan fingerprint density at radius 3 is 2.37 bits per heavy atom. The number of hydrogen-bond acceptors (Lipinski definition) is 3. The molecule has 1 heterocycles. The van der Waals surface area contributed by atoms with E-state index in [0.717, 1.165) is 45.2 Å². The number of carbonyl (C=O) groups is 3. The van der Waals surface area contributed by atoms with Gasteiger partial charge in [0.05, 0.1) is 0 Å². The summed E-state index contributed by atoms with van der Waals surface area (Å²) in [6, 6.07) is -0.639. The van der Waals surface area contributed by atoms with Crippen LogP contribution in [0.5, 0.6) is 0 Å². The summed E-state index contributed by atoms with van der Waals surface area (Å²) in [6.07, 6.45) is 11.0. The van der Waals surface area contributed by atoms with Crippen molar-refractivity contribution in [1.82, 2.24) is 10.2 Å². The van der Waals surface area contributed by atoms with Crippen molar-refractivity contribution in [2.45, 2.75) is 96.9 Å². The van der Waals surface area contributed by atoms with Crippen molar-refractivity contribution in [2.24, 2.45) is 11.7 Å². The molecule has 0 unspecified atom stereocenters. The summed E-state index contributed by atoms with van der Waals surface area (Å²) < 4.78 is 0. The second kappa shape index (κ2) is 13.6. The van der Waals surface area contributed by atoms with E-state index < -0.39 is 11.9 Å². The van der Waals surface area contributed by atoms with Crippen LogP contribution in [0.3, 0.4) is 0 Å². The number of primary amides is 1. The molecule has 1 aliphatic rings. The molecule has 0 saturated carbocycles. The molecule has 0 aromatic carbocycles. The highest BCUT2D eigenvalue weighted by atomic mass is 16.2. The van der Waals surface area contributed by atoms with Gasteiger partial charge >= 0.3 is 0 Å². The van der Waals surface area contributed by atoms with Crippen LogP contribution >= 0.6 is 0 Å². The van der Waals surface area contributed by atoms with Crippen LogP contribution in [0.4, 0.5) is 0 Å². The zero-order valence-corrected chi connectivity index (χ0v) is 17.3. The number of nitrogens with one attached hydrogen (secondary N) is 1. The van der Waals surface area contributed by atoms with Crippen LogP contribution in [0, 0.1) is 5.92 Å². The number of unbranched alkanes of at least 4 members (excludes halogenated alkanes) is 6. The number of piperidine rings is 1. The first-order chi connectivity index (χ1) is 12.9. The predicted octanol–water partition coefficient (Wildman–Crippen LogP) is 3.14. The molecule has 0 aliphatic carbocycles. The average Bonchev–Trinajstić information content (AvgIpc) is 2.63. The number of carbonyl (C=O) groups excluding carboxylic acids is 3. The lowest BCUT2D eigenvalue weighted by molar-refractivity contribution is -0.138. The molecule has 1 rings (SSSR count). The molecule has 1 aliphatic heterocycles. The Kier molecular flexibility index (Phi) is 11.8. The van der Waals surface area contributed by atoms with Gasteiger partial charge in [-0.1, -0.05) is 52.4 Å². The maximum Gasteiger partial charge on any atom is 0.245 e. The lowest BCUT2D eigenvalue weighted by atomic mass is 9.99. The zero-order chi connectivity index (χ0) is 20.1. The van der Waals surface area contributed by atoms with Gasteiger partial charge in [0, 0.05) is 25.9 Å². The highest BCUT2D eigenvalue weighted by molar-refractivity contribution is 5.88. The van der Waals surface area contributed by atoms with Crippen molar-refractivity contribution < 1.29 is 14.4 Å². The fourth-order valence-corrected chi connectivity index (χ4v) is 3.66. The second-order valence-electron chi connectivity index (χ2n) is 8.03. The fourth-order valence-electron chi connectivity index (χ4n) is 3.66. The van der Waals surface area contributed by atoms with Crippen molar-refractivity contribution >= 4 is 17.7 Å². The molecule has 2 atom stereocenters. The molecular weight excluding hydrogens is 342 g/mol. The van der Waals surface area contributed by atoms with Crippen molar-refractivity contribution in [1.29, 1.82) is 0 Å². The highest BCUT2D eigenvalue weighted by Gasteiger charge is 2.28. The monoisotopic (exact) mass is 381 g/mol. The van der Waals surface area contributed by atoms with Gasteiger partial charge in [-0.2, -0.15) is 0 Å². The van der Waals surface area contributed by atoms with Crippen LogP contribution in [0.2, 0.25) is 0 Å². The van der Waals surface area contributed by atoms with E-state index in [-0.39, 0.29) is 24.7 Å². The average molecular weight is 382 g/mol. The molecule has 3 amide bonds. The third-order valence-corrected chi connectivity index (χ3v) is 5.29. The molecule has 0 radical (unpaired) electrons. The van der Waals surface area contributed by atoms with Crippen molar-refractivity contribution in [2.75, 3.05) is 13.1 Å². The molecule has 1 fully saturated rings. The van der Waals surface area contributed by atoms with Gasteiger partial charge < -0.3 is 16.0 Å². The number of nitrogens with zero attached hydrogens (tertiary/aromatic N) is 1. The van der Waals surface area contributed by atoms with Gasteiger partial charge in [-0.15, -0.1) is 0 Å². The third-order valence-electron chi connectivity index (χ3n) is 5.29. The Labute approximate surface area is 164 Å². The summed E-state index contributed by atoms with van der Waals surface area (Å²) >= 11 is 0. The predicted molar refractivity (Wildman–Crippen MR) is 108 cm³/mol. The molecule has 27 heavy (non-hydrogen) atoms. The topological polar surface area (TPSA) is 92.5 Å². The van der Waals surface area contributed by atoms with Crippen molar-refractivity contribution in [3.63, 3.8) is 0 Å². The minimum absolute atomic E-state index is 0.0734. The SMILES string of the molecule is CCCCCCCCCC(=O)N[C@@H](CCC(N)=O)C(=O)N1CCC[C@@H](C)C1. The van der Waals surface area contributed by atoms with Crippen LogP contribution in [0.15, 0.2) is 0 Å². The Balaban J connectivity index is 2.42. The summed E-state index contributed by atoms with van der Waals surface area (Å²) in [4.78, 5) is 38.1. The molecule has 1 saturated heterocycles. The van der Waals surface area contributed by atoms with Gasteiger partial charge in [-0.3, -0.25) is 14.4 Å². The van der Waals surface area contributed by atoms with E-state index in [1.165, 1.54) is 25.7 Å². The summed E-state index contributed by atoms with van der Waals surface area (Å²) in [6.45, 7) is 5.78. The minimum atomic E-state index is -0.639. The van der Waals surface area contributed by atoms with Gasteiger partial charge in [-0.05, 0) is 31.6 Å². The molecule has 0 spiro atoms. The normalized spacial score (nSPS) is 18.1. The van der Waals surface area contributed by atoms with Crippen molar-refractivity contribution in [3.05, 3.63) is 0 Å². The van der Waals surface area contributed by atoms with Crippen LogP contribution in [0.1, 0.15) is 90.9 Å². The lowest BCUT2D eigenvalue weighted by Crippen LogP contribution is -2.51. The molecule has 0 aromatic heterocycles. The Hall–Kier alpha value is -1.59. The molecule has 6 nitrogen and oxygen atoms in total. The van der Waals surface area contributed by atoms with Crippen LogP contribution in [0.25, 0.3) is 0 Å². The van der Waals surface area contributed by atoms with Gasteiger partial charge in [0.15, 0.2) is 0 Å². The largest absolute Gasteiger partial charge is 0.370 e. The number of nitrogens with two attached hydrogens (primary N) is 1. The fraction of sp³-hybridized carbons (Fsp3) is 0.857. The molecule has 0 aromatic rings. The Bertz CT molecular complexity index is 468. The van der Waals surface area contributed by atoms with Crippen molar-refractivity contribution in [3.8, 4) is 0 Å². The van der Waals surface area contributed by atoms with E-state index in [4.69, 9.17) is 5.73 Å². The summed E-state index contributed by atoms with van der Waals surface area (Å²) in [5.74, 6) is -0.142. The first-order valence-electron chi connectivity index (χ1n) is 10.8. The van der Waals surface area contributed by atoms with E-state index in [0.29, 0.717) is 12.3 Å². The van der Waals surface area contributed by atoms with Crippen LogP contribution in [-0.4, -0.2) is 41.8 Å². The van der Waals surface area contributed by atoms with E-state index >= 15 is 0 Å². The smallest absolute Gasteiger partial charge is 0.245 e. The molecule has 3 N–H and O–H groups in total. The maximum atomic E-state index is 12.8. The molecule has 6 heteroatoms. The van der Waals surface area contributed by atoms with E-state index in [1.807, 2.05) is 4.90 Å². The maximum absolute atomic E-state index is 12.8. The summed E-state index contributed by atoms with van der Waals surface area (Å²) in [5.41, 5.74) is 5.24. The van der Waals surface area contributed by atoms with Gasteiger partial charge in [0.1, 0.15) is 6.04 Å². The van der Waals surface area contributed by atoms with Gasteiger partial charge in [0.25, 0.3) is 0 Å². The quantitative estimate of drug-likeness (QED) is 0.480. The minimum Gasteiger partial charge on any atom is -0.370 e. The molecular formula is C21H39N3O3. The van der Waals surface area contributed by atoms with E-state index in [9.17, 15) is 14.4 Å².